The first-order valence-electron chi connectivity index (χ1n) is 12.1. The van der Waals surface area contributed by atoms with Crippen LogP contribution in [0.5, 0.6) is 0 Å². The van der Waals surface area contributed by atoms with E-state index in [-0.39, 0.29) is 23.6 Å². The predicted molar refractivity (Wildman–Crippen MR) is 113 cm³/mol. The summed E-state index contributed by atoms with van der Waals surface area (Å²) in [5.41, 5.74) is 0.577. The van der Waals surface area contributed by atoms with E-state index in [1.165, 1.54) is 32.8 Å². The monoisotopic (exact) mass is 406 g/mol. The average Bonchev–Trinajstić information content (AvgIpc) is 3.04. The number of carbonyl (C=O) groups excluding carboxylic acids is 1. The first-order chi connectivity index (χ1) is 13.7. The lowest BCUT2D eigenvalue weighted by molar-refractivity contribution is -0.174. The van der Waals surface area contributed by atoms with Gasteiger partial charge in [0.2, 0.25) is 0 Å². The largest absolute Gasteiger partial charge is 0.469 e. The molecule has 4 rings (SSSR count). The van der Waals surface area contributed by atoms with Crippen LogP contribution in [0.2, 0.25) is 0 Å². The van der Waals surface area contributed by atoms with Crippen LogP contribution in [0.15, 0.2) is 0 Å². The fourth-order valence-corrected chi connectivity index (χ4v) is 8.82. The summed E-state index contributed by atoms with van der Waals surface area (Å²) in [4.78, 5) is 11.6. The summed E-state index contributed by atoms with van der Waals surface area (Å²) < 4.78 is 4.86. The number of fused-ring (bicyclic) bond motifs is 5. The van der Waals surface area contributed by atoms with Crippen LogP contribution in [0.3, 0.4) is 0 Å². The number of esters is 1. The first-order valence-corrected chi connectivity index (χ1v) is 12.1. The second kappa shape index (κ2) is 7.82. The number of hydrogen-bond donors (Lipinski definition) is 2. The van der Waals surface area contributed by atoms with E-state index in [1.807, 2.05) is 0 Å². The lowest BCUT2D eigenvalue weighted by Crippen LogP contribution is -2.58. The van der Waals surface area contributed by atoms with Gasteiger partial charge in [0.25, 0.3) is 0 Å². The van der Waals surface area contributed by atoms with Crippen molar-refractivity contribution in [2.45, 2.75) is 97.2 Å². The molecule has 29 heavy (non-hydrogen) atoms. The number of ether oxygens (including phenoxy) is 1. The minimum Gasteiger partial charge on any atom is -0.469 e. The molecule has 0 aromatic carbocycles. The van der Waals surface area contributed by atoms with Crippen LogP contribution in [0.4, 0.5) is 0 Å². The molecule has 0 aromatic heterocycles. The van der Waals surface area contributed by atoms with Crippen molar-refractivity contribution in [3.8, 4) is 0 Å². The summed E-state index contributed by atoms with van der Waals surface area (Å²) in [5, 5.41) is 21.5. The quantitative estimate of drug-likeness (QED) is 0.671. The minimum atomic E-state index is -0.211. The third kappa shape index (κ3) is 3.46. The lowest BCUT2D eigenvalue weighted by Gasteiger charge is -2.62. The molecule has 0 saturated heterocycles. The van der Waals surface area contributed by atoms with Gasteiger partial charge in [-0.1, -0.05) is 20.8 Å². The molecule has 0 aliphatic heterocycles. The zero-order valence-corrected chi connectivity index (χ0v) is 18.9. The fourth-order valence-electron chi connectivity index (χ4n) is 8.82. The second-order valence-electron chi connectivity index (χ2n) is 11.5. The molecule has 4 fully saturated rings. The van der Waals surface area contributed by atoms with E-state index in [0.717, 1.165) is 32.1 Å². The van der Waals surface area contributed by atoms with E-state index in [0.29, 0.717) is 47.3 Å². The normalized spacial score (nSPS) is 50.2. The van der Waals surface area contributed by atoms with Gasteiger partial charge in [-0.2, -0.15) is 0 Å². The molecule has 0 amide bonds. The highest BCUT2D eigenvalue weighted by atomic mass is 16.5. The number of hydrogen-bond acceptors (Lipinski definition) is 4. The molecule has 0 spiro atoms. The highest BCUT2D eigenvalue weighted by Gasteiger charge is 2.62. The highest BCUT2D eigenvalue weighted by molar-refractivity contribution is 5.69. The van der Waals surface area contributed by atoms with Crippen LogP contribution >= 0.6 is 0 Å². The summed E-state index contributed by atoms with van der Waals surface area (Å²) >= 11 is 0. The van der Waals surface area contributed by atoms with Crippen LogP contribution in [-0.4, -0.2) is 35.5 Å². The number of aliphatic hydroxyl groups excluding tert-OH is 2. The standard InChI is InChI=1S/C25H42O4/c1-15(5-8-22(28)29-4)18-6-7-19-23-20(10-12-25(18,19)3)24(2)11-9-17(26)13-16(24)14-21(23)27/h15-21,23,26-27H,5-14H2,1-4H3/t15-,16+,17-,18-,19+,20?,21+,23+,24+,25-/m1/s1. The molecule has 0 bridgehead atoms. The van der Waals surface area contributed by atoms with E-state index in [4.69, 9.17) is 4.74 Å². The van der Waals surface area contributed by atoms with Crippen molar-refractivity contribution in [3.63, 3.8) is 0 Å². The summed E-state index contributed by atoms with van der Waals surface area (Å²) in [6.07, 6.45) is 9.80. The molecule has 4 aliphatic rings. The van der Waals surface area contributed by atoms with Gasteiger partial charge in [0.05, 0.1) is 19.3 Å². The molecule has 0 heterocycles. The number of rotatable bonds is 4. The third-order valence-electron chi connectivity index (χ3n) is 10.4. The molecule has 166 valence electrons. The van der Waals surface area contributed by atoms with Crippen molar-refractivity contribution in [1.82, 2.24) is 0 Å². The van der Waals surface area contributed by atoms with Gasteiger partial charge in [0, 0.05) is 6.42 Å². The molecule has 2 N–H and O–H groups in total. The Bertz CT molecular complexity index is 620. The molecule has 4 nitrogen and oxygen atoms in total. The molecule has 1 unspecified atom stereocenters. The molecular formula is C25H42O4. The van der Waals surface area contributed by atoms with Crippen LogP contribution in [0.25, 0.3) is 0 Å². The van der Waals surface area contributed by atoms with Gasteiger partial charge < -0.3 is 14.9 Å². The van der Waals surface area contributed by atoms with Gasteiger partial charge in [-0.25, -0.2) is 0 Å². The molecular weight excluding hydrogens is 364 g/mol. The molecule has 4 saturated carbocycles. The summed E-state index contributed by atoms with van der Waals surface area (Å²) in [6.45, 7) is 7.29. The van der Waals surface area contributed by atoms with Gasteiger partial charge in [0.15, 0.2) is 0 Å². The van der Waals surface area contributed by atoms with E-state index in [2.05, 4.69) is 20.8 Å². The Labute approximate surface area is 176 Å². The van der Waals surface area contributed by atoms with Crippen molar-refractivity contribution in [1.29, 1.82) is 0 Å². The fraction of sp³-hybridized carbons (Fsp3) is 0.960. The average molecular weight is 407 g/mol. The summed E-state index contributed by atoms with van der Waals surface area (Å²) in [6, 6.07) is 0. The Morgan fingerprint density at radius 2 is 1.72 bits per heavy atom. The minimum absolute atomic E-state index is 0.0959. The van der Waals surface area contributed by atoms with Crippen LogP contribution in [0.1, 0.15) is 85.0 Å². The molecule has 0 radical (unpaired) electrons. The second-order valence-corrected chi connectivity index (χ2v) is 11.5. The maximum absolute atomic E-state index is 11.6. The zero-order chi connectivity index (χ0) is 21.0. The summed E-state index contributed by atoms with van der Waals surface area (Å²) in [5.74, 6) is 3.17. The van der Waals surface area contributed by atoms with Crippen molar-refractivity contribution >= 4 is 5.97 Å². The Morgan fingerprint density at radius 1 is 1.03 bits per heavy atom. The third-order valence-corrected chi connectivity index (χ3v) is 10.4. The predicted octanol–water partition coefficient (Wildman–Crippen LogP) is 4.57. The van der Waals surface area contributed by atoms with E-state index in [1.54, 1.807) is 0 Å². The molecule has 10 atom stereocenters. The number of carbonyl (C=O) groups is 1. The van der Waals surface area contributed by atoms with Crippen LogP contribution in [0, 0.1) is 46.3 Å². The summed E-state index contributed by atoms with van der Waals surface area (Å²) in [7, 11) is 1.48. The molecule has 4 heteroatoms. The van der Waals surface area contributed by atoms with Crippen molar-refractivity contribution in [2.24, 2.45) is 46.3 Å². The smallest absolute Gasteiger partial charge is 0.305 e. The molecule has 4 aliphatic carbocycles. The van der Waals surface area contributed by atoms with Crippen molar-refractivity contribution in [2.75, 3.05) is 7.11 Å². The van der Waals surface area contributed by atoms with Gasteiger partial charge in [-0.15, -0.1) is 0 Å². The van der Waals surface area contributed by atoms with Gasteiger partial charge in [0.1, 0.15) is 0 Å². The number of methoxy groups -OCH3 is 1. The maximum Gasteiger partial charge on any atom is 0.305 e. The Balaban J connectivity index is 1.53. The maximum atomic E-state index is 11.6. The highest BCUT2D eigenvalue weighted by Crippen LogP contribution is 2.68. The topological polar surface area (TPSA) is 66.8 Å². The van der Waals surface area contributed by atoms with Crippen LogP contribution in [-0.2, 0) is 9.53 Å². The van der Waals surface area contributed by atoms with Gasteiger partial charge >= 0.3 is 5.97 Å². The Kier molecular flexibility index (Phi) is 5.83. The van der Waals surface area contributed by atoms with E-state index in [9.17, 15) is 15.0 Å². The van der Waals surface area contributed by atoms with E-state index >= 15 is 0 Å². The van der Waals surface area contributed by atoms with Gasteiger partial charge in [-0.05, 0) is 104 Å². The van der Waals surface area contributed by atoms with E-state index < -0.39 is 0 Å². The number of aliphatic hydroxyl groups is 2. The Morgan fingerprint density at radius 3 is 2.45 bits per heavy atom. The van der Waals surface area contributed by atoms with Crippen molar-refractivity contribution < 1.29 is 19.7 Å². The zero-order valence-electron chi connectivity index (χ0n) is 18.9. The van der Waals surface area contributed by atoms with Crippen LogP contribution < -0.4 is 0 Å². The van der Waals surface area contributed by atoms with Gasteiger partial charge in [-0.3, -0.25) is 4.79 Å². The first kappa shape index (κ1) is 21.6. The molecule has 0 aromatic rings. The van der Waals surface area contributed by atoms with Crippen molar-refractivity contribution in [3.05, 3.63) is 0 Å². The Hall–Kier alpha value is -0.610. The lowest BCUT2D eigenvalue weighted by atomic mass is 9.43. The SMILES string of the molecule is COC(=O)CC[C@@H](C)[C@H]1CC[C@H]2[C@H]3C(CC[C@]12C)[C@@]1(C)CC[C@@H](O)C[C@H]1C[C@@H]3O.